The first-order valence-corrected chi connectivity index (χ1v) is 13.0. The van der Waals surface area contributed by atoms with Gasteiger partial charge in [-0.05, 0) is 66.3 Å². The summed E-state index contributed by atoms with van der Waals surface area (Å²) in [7, 11) is 0.231. The van der Waals surface area contributed by atoms with Crippen LogP contribution < -0.4 is 4.74 Å². The molecule has 0 amide bonds. The minimum atomic E-state index is -1.31. The molecule has 0 radical (unpaired) electrons. The summed E-state index contributed by atoms with van der Waals surface area (Å²) in [4.78, 5) is 0. The minimum absolute atomic E-state index is 0.0336. The third kappa shape index (κ3) is 5.83. The number of methoxy groups -OCH3 is 1. The summed E-state index contributed by atoms with van der Waals surface area (Å²) < 4.78 is 26.5. The van der Waals surface area contributed by atoms with Crippen molar-refractivity contribution in [3.8, 4) is 16.9 Å². The molecular formula is C27H37FO3S. The van der Waals surface area contributed by atoms with Crippen LogP contribution in [0, 0.1) is 5.82 Å². The molecule has 3 nitrogen and oxygen atoms in total. The lowest BCUT2D eigenvalue weighted by atomic mass is 9.81. The Balaban J connectivity index is 2.62. The molecule has 0 atom stereocenters. The average Bonchev–Trinajstić information content (AvgIpc) is 2.72. The van der Waals surface area contributed by atoms with Gasteiger partial charge in [-0.15, -0.1) is 23.5 Å². The van der Waals surface area contributed by atoms with E-state index in [-0.39, 0.29) is 10.6 Å². The third-order valence-electron chi connectivity index (χ3n) is 6.01. The molecule has 176 valence electrons. The van der Waals surface area contributed by atoms with Crippen LogP contribution in [0.5, 0.6) is 5.75 Å². The molecular weight excluding hydrogens is 423 g/mol. The maximum absolute atomic E-state index is 14.9. The first kappa shape index (κ1) is 26.2. The maximum atomic E-state index is 14.9. The molecule has 0 unspecified atom stereocenters. The lowest BCUT2D eigenvalue weighted by molar-refractivity contribution is 0.0434. The molecule has 0 saturated carbocycles. The number of rotatable bonds is 10. The zero-order chi connectivity index (χ0) is 24.2. The molecule has 0 aliphatic rings. The fourth-order valence-corrected chi connectivity index (χ4v) is 4.10. The predicted octanol–water partition coefficient (Wildman–Crippen LogP) is 7.14. The fraction of sp³-hybridized carbons (Fsp3) is 0.407. The Hall–Kier alpha value is -2.08. The molecule has 2 aromatic rings. The standard InChI is InChI=1S/C27H37FO3S/c1-9-15-27(29,16-10-2)24-17-20(19-31-32(7,8)26(3,4)5)11-13-22(24)23-18-21(30-6)12-14-25(23)28/h9-14,17-18,29H,1-2,15-16,19H2,3-8H3. The van der Waals surface area contributed by atoms with Crippen LogP contribution in [0.25, 0.3) is 11.1 Å². The molecule has 32 heavy (non-hydrogen) atoms. The third-order valence-corrected chi connectivity index (χ3v) is 9.66. The van der Waals surface area contributed by atoms with Crippen LogP contribution in [-0.2, 0) is 16.4 Å². The van der Waals surface area contributed by atoms with E-state index in [4.69, 9.17) is 8.92 Å². The van der Waals surface area contributed by atoms with Crippen LogP contribution in [0.2, 0.25) is 0 Å². The summed E-state index contributed by atoms with van der Waals surface area (Å²) in [6.07, 6.45) is 8.26. The van der Waals surface area contributed by atoms with Gasteiger partial charge >= 0.3 is 0 Å². The molecule has 1 N–H and O–H groups in total. The van der Waals surface area contributed by atoms with Crippen LogP contribution in [0.15, 0.2) is 61.7 Å². The van der Waals surface area contributed by atoms with Gasteiger partial charge in [0.2, 0.25) is 0 Å². The van der Waals surface area contributed by atoms with Gasteiger partial charge in [-0.1, -0.05) is 45.1 Å². The van der Waals surface area contributed by atoms with E-state index in [1.165, 1.54) is 6.07 Å². The van der Waals surface area contributed by atoms with Gasteiger partial charge in [0.05, 0.1) is 19.3 Å². The number of hydrogen-bond donors (Lipinski definition) is 1. The zero-order valence-corrected chi connectivity index (χ0v) is 21.0. The molecule has 0 aliphatic carbocycles. The van der Waals surface area contributed by atoms with E-state index < -0.39 is 15.9 Å². The van der Waals surface area contributed by atoms with Crippen molar-refractivity contribution < 1.29 is 18.4 Å². The SMILES string of the molecule is C=CCC(O)(CC=C)c1cc(COS(C)(C)C(C)(C)C)ccc1-c1cc(OC)ccc1F. The van der Waals surface area contributed by atoms with E-state index in [1.54, 1.807) is 31.4 Å². The molecule has 2 rings (SSSR count). The Labute approximate surface area is 194 Å². The van der Waals surface area contributed by atoms with Gasteiger partial charge in [0, 0.05) is 10.3 Å². The molecule has 0 spiro atoms. The highest BCUT2D eigenvalue weighted by Gasteiger charge is 2.32. The van der Waals surface area contributed by atoms with Crippen LogP contribution in [0.3, 0.4) is 0 Å². The summed E-state index contributed by atoms with van der Waals surface area (Å²) in [5.41, 5.74) is 1.26. The van der Waals surface area contributed by atoms with Crippen molar-refractivity contribution >= 4 is 10.3 Å². The van der Waals surface area contributed by atoms with Gasteiger partial charge in [0.25, 0.3) is 0 Å². The number of halogens is 1. The second-order valence-electron chi connectivity index (χ2n) is 9.35. The molecule has 0 aliphatic heterocycles. The number of hydrogen-bond acceptors (Lipinski definition) is 3. The molecule has 0 aromatic heterocycles. The second kappa shape index (κ2) is 10.2. The number of benzene rings is 2. The lowest BCUT2D eigenvalue weighted by Gasteiger charge is -2.43. The predicted molar refractivity (Wildman–Crippen MR) is 136 cm³/mol. The Morgan fingerprint density at radius 1 is 1.00 bits per heavy atom. The first-order valence-electron chi connectivity index (χ1n) is 10.7. The Bertz CT molecular complexity index is 950. The van der Waals surface area contributed by atoms with Gasteiger partial charge in [-0.3, -0.25) is 0 Å². The van der Waals surface area contributed by atoms with Crippen LogP contribution in [0.4, 0.5) is 4.39 Å². The van der Waals surface area contributed by atoms with Gasteiger partial charge in [-0.2, -0.15) is 0 Å². The van der Waals surface area contributed by atoms with E-state index in [9.17, 15) is 9.50 Å². The van der Waals surface area contributed by atoms with E-state index in [0.29, 0.717) is 41.9 Å². The van der Waals surface area contributed by atoms with E-state index in [1.807, 2.05) is 18.2 Å². The highest BCUT2D eigenvalue weighted by molar-refractivity contribution is 8.29. The van der Waals surface area contributed by atoms with E-state index in [0.717, 1.165) is 5.56 Å². The monoisotopic (exact) mass is 460 g/mol. The van der Waals surface area contributed by atoms with E-state index in [2.05, 4.69) is 46.4 Å². The number of aliphatic hydroxyl groups is 1. The van der Waals surface area contributed by atoms with Crippen molar-refractivity contribution in [1.82, 2.24) is 0 Å². The van der Waals surface area contributed by atoms with Gasteiger partial charge in [0.15, 0.2) is 0 Å². The number of ether oxygens (including phenoxy) is 1. The molecule has 0 fully saturated rings. The second-order valence-corrected chi connectivity index (χ2v) is 13.3. The Kier molecular flexibility index (Phi) is 8.38. The zero-order valence-electron chi connectivity index (χ0n) is 20.2. The summed E-state index contributed by atoms with van der Waals surface area (Å²) in [5.74, 6) is 0.167. The molecule has 0 saturated heterocycles. The van der Waals surface area contributed by atoms with Crippen molar-refractivity contribution in [3.05, 3.63) is 78.7 Å². The molecule has 5 heteroatoms. The van der Waals surface area contributed by atoms with Crippen molar-refractivity contribution in [1.29, 1.82) is 0 Å². The van der Waals surface area contributed by atoms with Crippen molar-refractivity contribution in [2.75, 3.05) is 19.6 Å². The smallest absolute Gasteiger partial charge is 0.131 e. The van der Waals surface area contributed by atoms with Gasteiger partial charge < -0.3 is 14.0 Å². The van der Waals surface area contributed by atoms with Crippen molar-refractivity contribution in [3.63, 3.8) is 0 Å². The Morgan fingerprint density at radius 3 is 2.16 bits per heavy atom. The summed E-state index contributed by atoms with van der Waals surface area (Å²) in [6, 6.07) is 10.3. The highest BCUT2D eigenvalue weighted by Crippen LogP contribution is 2.54. The maximum Gasteiger partial charge on any atom is 0.131 e. The van der Waals surface area contributed by atoms with Gasteiger partial charge in [0.1, 0.15) is 11.6 Å². The summed E-state index contributed by atoms with van der Waals surface area (Å²) in [5, 5.41) is 11.6. The Morgan fingerprint density at radius 2 is 1.62 bits per heavy atom. The summed E-state index contributed by atoms with van der Waals surface area (Å²) >= 11 is 0. The van der Waals surface area contributed by atoms with Crippen LogP contribution in [-0.4, -0.2) is 29.5 Å². The van der Waals surface area contributed by atoms with Gasteiger partial charge in [-0.25, -0.2) is 4.39 Å². The molecule has 0 bridgehead atoms. The molecule has 0 heterocycles. The first-order chi connectivity index (χ1) is 14.9. The highest BCUT2D eigenvalue weighted by atomic mass is 32.3. The largest absolute Gasteiger partial charge is 0.497 e. The fourth-order valence-electron chi connectivity index (χ4n) is 3.31. The van der Waals surface area contributed by atoms with Crippen molar-refractivity contribution in [2.45, 2.75) is 50.6 Å². The quantitative estimate of drug-likeness (QED) is 0.383. The average molecular weight is 461 g/mol. The molecule has 2 aromatic carbocycles. The van der Waals surface area contributed by atoms with Crippen molar-refractivity contribution in [2.24, 2.45) is 0 Å². The minimum Gasteiger partial charge on any atom is -0.497 e. The lowest BCUT2D eigenvalue weighted by Crippen LogP contribution is -2.26. The van der Waals surface area contributed by atoms with Crippen LogP contribution in [0.1, 0.15) is 44.7 Å². The van der Waals surface area contributed by atoms with Crippen LogP contribution >= 0.6 is 10.3 Å². The summed E-state index contributed by atoms with van der Waals surface area (Å²) in [6.45, 7) is 14.6. The normalized spacial score (nSPS) is 13.0. The topological polar surface area (TPSA) is 38.7 Å². The van der Waals surface area contributed by atoms with E-state index >= 15 is 0 Å².